The number of hydrogen-bond acceptors (Lipinski definition) is 3. The van der Waals surface area contributed by atoms with Crippen LogP contribution in [0.5, 0.6) is 0 Å². The monoisotopic (exact) mass is 347 g/mol. The Morgan fingerprint density at radius 1 is 1.20 bits per heavy atom. The maximum absolute atomic E-state index is 13.1. The third kappa shape index (κ3) is 3.96. The Hall–Kier alpha value is -2.05. The van der Waals surface area contributed by atoms with Gasteiger partial charge in [0.1, 0.15) is 0 Å². The highest BCUT2D eigenvalue weighted by Crippen LogP contribution is 2.25. The van der Waals surface area contributed by atoms with Crippen LogP contribution in [0.15, 0.2) is 6.07 Å². The number of likely N-dealkylation sites (tertiary alicyclic amines) is 2. The lowest BCUT2D eigenvalue weighted by molar-refractivity contribution is -0.141. The fourth-order valence-electron chi connectivity index (χ4n) is 4.15. The van der Waals surface area contributed by atoms with Crippen LogP contribution in [-0.2, 0) is 11.3 Å². The molecule has 0 spiro atoms. The van der Waals surface area contributed by atoms with Crippen LogP contribution in [-0.4, -0.2) is 57.2 Å². The van der Waals surface area contributed by atoms with Gasteiger partial charge >= 0.3 is 6.03 Å². The van der Waals surface area contributed by atoms with E-state index in [2.05, 4.69) is 18.1 Å². The van der Waals surface area contributed by atoms with Gasteiger partial charge in [-0.3, -0.25) is 9.48 Å². The first-order valence-electron chi connectivity index (χ1n) is 9.31. The third-order valence-corrected chi connectivity index (χ3v) is 5.48. The van der Waals surface area contributed by atoms with Gasteiger partial charge < -0.3 is 15.5 Å². The molecule has 3 amide bonds. The number of rotatable bonds is 3. The lowest BCUT2D eigenvalue weighted by atomic mass is 9.93. The average molecular weight is 347 g/mol. The molecule has 2 atom stereocenters. The van der Waals surface area contributed by atoms with E-state index in [1.165, 1.54) is 0 Å². The summed E-state index contributed by atoms with van der Waals surface area (Å²) in [5.41, 5.74) is 7.55. The van der Waals surface area contributed by atoms with E-state index in [1.807, 2.05) is 16.5 Å². The van der Waals surface area contributed by atoms with E-state index in [1.54, 1.807) is 4.90 Å². The Morgan fingerprint density at radius 2 is 2.00 bits per heavy atom. The van der Waals surface area contributed by atoms with Gasteiger partial charge in [-0.05, 0) is 52.0 Å². The van der Waals surface area contributed by atoms with Gasteiger partial charge in [0.05, 0.1) is 24.2 Å². The molecule has 3 rings (SSSR count). The highest BCUT2D eigenvalue weighted by atomic mass is 16.2. The van der Waals surface area contributed by atoms with E-state index in [4.69, 9.17) is 5.73 Å². The van der Waals surface area contributed by atoms with Crippen molar-refractivity contribution >= 4 is 11.9 Å². The molecule has 7 heteroatoms. The molecule has 3 heterocycles. The maximum Gasteiger partial charge on any atom is 0.314 e. The third-order valence-electron chi connectivity index (χ3n) is 5.48. The lowest BCUT2D eigenvalue weighted by Crippen LogP contribution is -2.52. The van der Waals surface area contributed by atoms with Crippen molar-refractivity contribution in [3.63, 3.8) is 0 Å². The number of hydrogen-bond donors (Lipinski definition) is 1. The molecule has 0 aliphatic carbocycles. The SMILES string of the molecule is Cc1cc(C)n(C[C@@H]2CCCCN2C(=O)[C@@H]2CCCN(C(N)=O)C2)n1. The first-order valence-corrected chi connectivity index (χ1v) is 9.31. The molecule has 0 bridgehead atoms. The second-order valence-electron chi connectivity index (χ2n) is 7.41. The first kappa shape index (κ1) is 17.8. The second-order valence-corrected chi connectivity index (χ2v) is 7.41. The van der Waals surface area contributed by atoms with Crippen LogP contribution in [0.1, 0.15) is 43.5 Å². The number of aryl methyl sites for hydroxylation is 2. The number of aromatic nitrogens is 2. The van der Waals surface area contributed by atoms with Crippen LogP contribution >= 0.6 is 0 Å². The zero-order chi connectivity index (χ0) is 18.0. The van der Waals surface area contributed by atoms with Gasteiger partial charge in [0.2, 0.25) is 5.91 Å². The molecule has 0 unspecified atom stereocenters. The smallest absolute Gasteiger partial charge is 0.314 e. The van der Waals surface area contributed by atoms with Crippen molar-refractivity contribution in [3.05, 3.63) is 17.5 Å². The van der Waals surface area contributed by atoms with Crippen LogP contribution in [0, 0.1) is 19.8 Å². The summed E-state index contributed by atoms with van der Waals surface area (Å²) >= 11 is 0. The number of carbonyl (C=O) groups is 2. The summed E-state index contributed by atoms with van der Waals surface area (Å²) in [5, 5.41) is 4.56. The molecule has 0 radical (unpaired) electrons. The quantitative estimate of drug-likeness (QED) is 0.902. The standard InChI is InChI=1S/C18H29N5O2/c1-13-10-14(2)23(20-13)12-16-7-3-4-9-22(16)17(24)15-6-5-8-21(11-15)18(19)25/h10,15-16H,3-9,11-12H2,1-2H3,(H2,19,25)/t15-,16+/m1/s1. The summed E-state index contributed by atoms with van der Waals surface area (Å²) in [6.45, 7) is 6.72. The largest absolute Gasteiger partial charge is 0.351 e. The fourth-order valence-corrected chi connectivity index (χ4v) is 4.15. The van der Waals surface area contributed by atoms with Crippen LogP contribution in [0.3, 0.4) is 0 Å². The number of piperidine rings is 2. The molecule has 2 aliphatic rings. The minimum atomic E-state index is -0.421. The predicted molar refractivity (Wildman–Crippen MR) is 94.9 cm³/mol. The molecule has 7 nitrogen and oxygen atoms in total. The Balaban J connectivity index is 1.70. The van der Waals surface area contributed by atoms with Gasteiger partial charge in [-0.2, -0.15) is 5.10 Å². The summed E-state index contributed by atoms with van der Waals surface area (Å²) in [4.78, 5) is 28.2. The second kappa shape index (κ2) is 7.45. The minimum Gasteiger partial charge on any atom is -0.351 e. The van der Waals surface area contributed by atoms with E-state index in [9.17, 15) is 9.59 Å². The number of carbonyl (C=O) groups excluding carboxylic acids is 2. The van der Waals surface area contributed by atoms with Gasteiger partial charge in [0.15, 0.2) is 0 Å². The number of primary amides is 1. The Kier molecular flexibility index (Phi) is 5.30. The van der Waals surface area contributed by atoms with Crippen molar-refractivity contribution in [2.24, 2.45) is 11.7 Å². The molecule has 0 aromatic carbocycles. The van der Waals surface area contributed by atoms with Gasteiger partial charge in [0.25, 0.3) is 0 Å². The van der Waals surface area contributed by atoms with Gasteiger partial charge in [0, 0.05) is 25.3 Å². The molecule has 1 aromatic heterocycles. The summed E-state index contributed by atoms with van der Waals surface area (Å²) in [7, 11) is 0. The topological polar surface area (TPSA) is 84.5 Å². The summed E-state index contributed by atoms with van der Waals surface area (Å²) in [6, 6.07) is 1.83. The molecule has 0 saturated carbocycles. The van der Waals surface area contributed by atoms with Crippen molar-refractivity contribution in [2.75, 3.05) is 19.6 Å². The van der Waals surface area contributed by atoms with E-state index in [0.29, 0.717) is 13.1 Å². The normalized spacial score (nSPS) is 24.4. The molecule has 25 heavy (non-hydrogen) atoms. The molecule has 2 fully saturated rings. The van der Waals surface area contributed by atoms with Crippen molar-refractivity contribution in [1.82, 2.24) is 19.6 Å². The summed E-state index contributed by atoms with van der Waals surface area (Å²) in [5.74, 6) is 0.0551. The number of nitrogens with two attached hydrogens (primary N) is 1. The first-order chi connectivity index (χ1) is 12.0. The van der Waals surface area contributed by atoms with Crippen molar-refractivity contribution in [1.29, 1.82) is 0 Å². The van der Waals surface area contributed by atoms with Crippen LogP contribution in [0.4, 0.5) is 4.79 Å². The van der Waals surface area contributed by atoms with E-state index < -0.39 is 6.03 Å². The molecular formula is C18H29N5O2. The Morgan fingerprint density at radius 3 is 2.68 bits per heavy atom. The summed E-state index contributed by atoms with van der Waals surface area (Å²) < 4.78 is 2.02. The zero-order valence-corrected chi connectivity index (χ0v) is 15.3. The number of amides is 3. The van der Waals surface area contributed by atoms with Gasteiger partial charge in [-0.25, -0.2) is 4.79 Å². The van der Waals surface area contributed by atoms with Crippen LogP contribution < -0.4 is 5.73 Å². The average Bonchev–Trinajstić information content (AvgIpc) is 2.92. The van der Waals surface area contributed by atoms with E-state index >= 15 is 0 Å². The Bertz CT molecular complexity index is 641. The van der Waals surface area contributed by atoms with Crippen molar-refractivity contribution < 1.29 is 9.59 Å². The molecule has 138 valence electrons. The minimum absolute atomic E-state index is 0.123. The maximum atomic E-state index is 13.1. The van der Waals surface area contributed by atoms with Crippen molar-refractivity contribution in [2.45, 2.75) is 58.5 Å². The van der Waals surface area contributed by atoms with Crippen LogP contribution in [0.25, 0.3) is 0 Å². The number of nitrogens with zero attached hydrogens (tertiary/aromatic N) is 4. The molecule has 2 N–H and O–H groups in total. The van der Waals surface area contributed by atoms with Gasteiger partial charge in [-0.1, -0.05) is 0 Å². The highest BCUT2D eigenvalue weighted by Gasteiger charge is 2.35. The molecular weight excluding hydrogens is 318 g/mol. The lowest BCUT2D eigenvalue weighted by Gasteiger charge is -2.40. The van der Waals surface area contributed by atoms with Gasteiger partial charge in [-0.15, -0.1) is 0 Å². The van der Waals surface area contributed by atoms with E-state index in [0.717, 1.165) is 56.6 Å². The van der Waals surface area contributed by atoms with E-state index in [-0.39, 0.29) is 17.9 Å². The van der Waals surface area contributed by atoms with Crippen LogP contribution in [0.2, 0.25) is 0 Å². The van der Waals surface area contributed by atoms with Crippen molar-refractivity contribution in [3.8, 4) is 0 Å². The highest BCUT2D eigenvalue weighted by molar-refractivity contribution is 5.81. The number of urea groups is 1. The molecule has 1 aromatic rings. The zero-order valence-electron chi connectivity index (χ0n) is 15.3. The fraction of sp³-hybridized carbons (Fsp3) is 0.722. The molecule has 2 aliphatic heterocycles. The predicted octanol–water partition coefficient (Wildman–Crippen LogP) is 1.67. The Labute approximate surface area is 149 Å². The summed E-state index contributed by atoms with van der Waals surface area (Å²) in [6.07, 6.45) is 4.88. The molecule has 2 saturated heterocycles.